The molecule has 0 spiro atoms. The van der Waals surface area contributed by atoms with Gasteiger partial charge in [0.05, 0.1) is 15.6 Å². The molecule has 0 aliphatic heterocycles. The molecule has 0 radical (unpaired) electrons. The van der Waals surface area contributed by atoms with Gasteiger partial charge in [-0.3, -0.25) is 4.79 Å². The normalized spacial score (nSPS) is 10.9. The number of para-hydroxylation sites is 1. The maximum absolute atomic E-state index is 13.6. The summed E-state index contributed by atoms with van der Waals surface area (Å²) in [6.45, 7) is 0. The number of hydrogen-bond acceptors (Lipinski definition) is 2. The van der Waals surface area contributed by atoms with E-state index in [1.165, 1.54) is 6.07 Å². The lowest BCUT2D eigenvalue weighted by molar-refractivity contribution is 0.100. The zero-order valence-electron chi connectivity index (χ0n) is 10.2. The topological polar surface area (TPSA) is 71.8 Å². The summed E-state index contributed by atoms with van der Waals surface area (Å²) in [5.41, 5.74) is 7.41. The van der Waals surface area contributed by atoms with Crippen LogP contribution >= 0.6 is 15.9 Å². The predicted octanol–water partition coefficient (Wildman–Crippen LogP) is 3.23. The van der Waals surface area contributed by atoms with E-state index in [0.717, 1.165) is 0 Å². The van der Waals surface area contributed by atoms with Crippen LogP contribution in [0.2, 0.25) is 0 Å². The van der Waals surface area contributed by atoms with E-state index in [1.54, 1.807) is 30.3 Å². The quantitative estimate of drug-likeness (QED) is 0.755. The third-order valence-electron chi connectivity index (χ3n) is 2.97. The van der Waals surface area contributed by atoms with Crippen molar-refractivity contribution in [2.45, 2.75) is 0 Å². The second-order valence-electron chi connectivity index (χ2n) is 4.28. The Kier molecular flexibility index (Phi) is 3.02. The van der Waals surface area contributed by atoms with Gasteiger partial charge in [0, 0.05) is 5.56 Å². The molecule has 4 nitrogen and oxygen atoms in total. The maximum Gasteiger partial charge on any atom is 0.250 e. The average molecular weight is 334 g/mol. The van der Waals surface area contributed by atoms with Crippen molar-refractivity contribution in [1.29, 1.82) is 0 Å². The second kappa shape index (κ2) is 4.72. The van der Waals surface area contributed by atoms with Gasteiger partial charge in [0.25, 0.3) is 5.91 Å². The molecule has 1 aromatic heterocycles. The molecule has 0 saturated carbocycles. The van der Waals surface area contributed by atoms with Crippen LogP contribution in [0, 0.1) is 5.82 Å². The fourth-order valence-electron chi connectivity index (χ4n) is 2.01. The number of hydrogen-bond donors (Lipinski definition) is 2. The van der Waals surface area contributed by atoms with Crippen LogP contribution in [0.5, 0.6) is 0 Å². The number of carbonyl (C=O) groups is 1. The zero-order chi connectivity index (χ0) is 14.3. The lowest BCUT2D eigenvalue weighted by Gasteiger charge is -1.98. The number of imidazole rings is 1. The van der Waals surface area contributed by atoms with Crippen molar-refractivity contribution in [1.82, 2.24) is 9.97 Å². The Bertz CT molecular complexity index is 828. The minimum Gasteiger partial charge on any atom is -0.366 e. The maximum atomic E-state index is 13.6. The number of aromatic nitrogens is 2. The highest BCUT2D eigenvalue weighted by Gasteiger charge is 2.12. The van der Waals surface area contributed by atoms with Crippen molar-refractivity contribution in [3.8, 4) is 11.4 Å². The average Bonchev–Trinajstić information content (AvgIpc) is 2.85. The van der Waals surface area contributed by atoms with Crippen LogP contribution in [0.1, 0.15) is 10.4 Å². The molecule has 1 amide bonds. The Morgan fingerprint density at radius 3 is 2.80 bits per heavy atom. The summed E-state index contributed by atoms with van der Waals surface area (Å²) in [5.74, 6) is -0.436. The SMILES string of the molecule is NC(=O)c1cccc2[nH]c(-c3ccc(Br)c(F)c3)nc12. The van der Waals surface area contributed by atoms with E-state index in [4.69, 9.17) is 5.73 Å². The Labute approximate surface area is 121 Å². The number of nitrogens with two attached hydrogens (primary N) is 1. The van der Waals surface area contributed by atoms with Gasteiger partial charge >= 0.3 is 0 Å². The number of rotatable bonds is 2. The molecule has 0 fully saturated rings. The van der Waals surface area contributed by atoms with Crippen molar-refractivity contribution >= 4 is 32.9 Å². The molecule has 1 heterocycles. The van der Waals surface area contributed by atoms with E-state index in [0.29, 0.717) is 32.5 Å². The van der Waals surface area contributed by atoms with E-state index in [1.807, 2.05) is 0 Å². The number of primary amides is 1. The molecule has 6 heteroatoms. The minimum absolute atomic E-state index is 0.336. The number of nitrogens with one attached hydrogen (secondary N) is 1. The van der Waals surface area contributed by atoms with Crippen LogP contribution < -0.4 is 5.73 Å². The highest BCUT2D eigenvalue weighted by Crippen LogP contribution is 2.25. The molecule has 2 aromatic carbocycles. The first-order chi connectivity index (χ1) is 9.56. The van der Waals surface area contributed by atoms with Crippen LogP contribution in [0.4, 0.5) is 4.39 Å². The number of fused-ring (bicyclic) bond motifs is 1. The van der Waals surface area contributed by atoms with E-state index in [9.17, 15) is 9.18 Å². The van der Waals surface area contributed by atoms with Gasteiger partial charge in [-0.15, -0.1) is 0 Å². The van der Waals surface area contributed by atoms with Crippen molar-refractivity contribution in [2.75, 3.05) is 0 Å². The Hall–Kier alpha value is -2.21. The fraction of sp³-hybridized carbons (Fsp3) is 0. The van der Waals surface area contributed by atoms with Crippen LogP contribution in [-0.2, 0) is 0 Å². The fourth-order valence-corrected chi connectivity index (χ4v) is 2.26. The Morgan fingerprint density at radius 2 is 2.10 bits per heavy atom. The Balaban J connectivity index is 2.20. The Morgan fingerprint density at radius 1 is 1.30 bits per heavy atom. The van der Waals surface area contributed by atoms with Crippen molar-refractivity contribution in [3.63, 3.8) is 0 Å². The summed E-state index contributed by atoms with van der Waals surface area (Å²) >= 11 is 3.10. The van der Waals surface area contributed by atoms with Crippen LogP contribution in [0.25, 0.3) is 22.4 Å². The lowest BCUT2D eigenvalue weighted by atomic mass is 10.2. The highest BCUT2D eigenvalue weighted by atomic mass is 79.9. The molecule has 0 unspecified atom stereocenters. The number of H-pyrrole nitrogens is 1. The standard InChI is InChI=1S/C14H9BrFN3O/c15-9-5-4-7(6-10(9)16)14-18-11-3-1-2-8(13(17)20)12(11)19-14/h1-6H,(H2,17,20)(H,18,19). The van der Waals surface area contributed by atoms with Crippen LogP contribution in [-0.4, -0.2) is 15.9 Å². The minimum atomic E-state index is -0.546. The second-order valence-corrected chi connectivity index (χ2v) is 5.13. The molecule has 0 bridgehead atoms. The van der Waals surface area contributed by atoms with Gasteiger partial charge in [0.15, 0.2) is 0 Å². The molecule has 3 rings (SSSR count). The van der Waals surface area contributed by atoms with Gasteiger partial charge in [0.1, 0.15) is 17.2 Å². The molecule has 100 valence electrons. The van der Waals surface area contributed by atoms with Crippen molar-refractivity contribution < 1.29 is 9.18 Å². The molecular weight excluding hydrogens is 325 g/mol. The number of nitrogens with zero attached hydrogens (tertiary/aromatic N) is 1. The van der Waals surface area contributed by atoms with E-state index < -0.39 is 5.91 Å². The summed E-state index contributed by atoms with van der Waals surface area (Å²) < 4.78 is 13.9. The summed E-state index contributed by atoms with van der Waals surface area (Å²) in [5, 5.41) is 0. The molecule has 0 saturated heterocycles. The van der Waals surface area contributed by atoms with Gasteiger partial charge in [-0.05, 0) is 46.3 Å². The summed E-state index contributed by atoms with van der Waals surface area (Å²) in [6.07, 6.45) is 0. The molecule has 3 N–H and O–H groups in total. The highest BCUT2D eigenvalue weighted by molar-refractivity contribution is 9.10. The number of benzene rings is 2. The van der Waals surface area contributed by atoms with Crippen molar-refractivity contribution in [3.05, 3.63) is 52.3 Å². The lowest BCUT2D eigenvalue weighted by Crippen LogP contribution is -2.11. The smallest absolute Gasteiger partial charge is 0.250 e. The number of amides is 1. The molecule has 0 aliphatic carbocycles. The van der Waals surface area contributed by atoms with Gasteiger partial charge in [-0.25, -0.2) is 9.37 Å². The first kappa shape index (κ1) is 12.8. The molecule has 20 heavy (non-hydrogen) atoms. The largest absolute Gasteiger partial charge is 0.366 e. The molecule has 0 aliphatic rings. The number of aromatic amines is 1. The summed E-state index contributed by atoms with van der Waals surface area (Å²) in [6, 6.07) is 9.81. The van der Waals surface area contributed by atoms with Gasteiger partial charge in [-0.1, -0.05) is 6.07 Å². The third kappa shape index (κ3) is 2.08. The summed E-state index contributed by atoms with van der Waals surface area (Å²) in [4.78, 5) is 18.8. The van der Waals surface area contributed by atoms with E-state index in [-0.39, 0.29) is 5.82 Å². The molecule has 3 aromatic rings. The first-order valence-corrected chi connectivity index (χ1v) is 6.59. The van der Waals surface area contributed by atoms with Crippen LogP contribution in [0.3, 0.4) is 0 Å². The predicted molar refractivity (Wildman–Crippen MR) is 77.7 cm³/mol. The van der Waals surface area contributed by atoms with Crippen LogP contribution in [0.15, 0.2) is 40.9 Å². The van der Waals surface area contributed by atoms with Gasteiger partial charge < -0.3 is 10.7 Å². The van der Waals surface area contributed by atoms with Gasteiger partial charge in [0.2, 0.25) is 0 Å². The third-order valence-corrected chi connectivity index (χ3v) is 3.61. The number of halogens is 2. The molecule has 0 atom stereocenters. The first-order valence-electron chi connectivity index (χ1n) is 5.80. The van der Waals surface area contributed by atoms with E-state index >= 15 is 0 Å². The zero-order valence-corrected chi connectivity index (χ0v) is 11.7. The molecular formula is C14H9BrFN3O. The van der Waals surface area contributed by atoms with Gasteiger partial charge in [-0.2, -0.15) is 0 Å². The summed E-state index contributed by atoms with van der Waals surface area (Å²) in [7, 11) is 0. The number of carbonyl (C=O) groups excluding carboxylic acids is 1. The van der Waals surface area contributed by atoms with E-state index in [2.05, 4.69) is 25.9 Å². The van der Waals surface area contributed by atoms with Crippen molar-refractivity contribution in [2.24, 2.45) is 5.73 Å². The monoisotopic (exact) mass is 333 g/mol.